The molecule has 0 saturated heterocycles. The number of benzene rings is 11. The quantitative estimate of drug-likeness (QED) is 0.169. The Morgan fingerprint density at radius 3 is 0.930 bits per heavy atom. The van der Waals surface area contributed by atoms with Crippen LogP contribution in [0.5, 0.6) is 0 Å². The Balaban J connectivity index is 1.20. The van der Waals surface area contributed by atoms with Gasteiger partial charge in [0.15, 0.2) is 0 Å². The molecule has 0 aliphatic rings. The predicted octanol–water partition coefficient (Wildman–Crippen LogP) is 17.3. The lowest BCUT2D eigenvalue weighted by molar-refractivity contribution is 1.18. The summed E-state index contributed by atoms with van der Waals surface area (Å²) in [5.74, 6) is 0. The molecule has 7 heterocycles. The number of aromatic nitrogens is 5. The highest BCUT2D eigenvalue weighted by atomic mass is 15.1. The molecule has 0 aliphatic heterocycles. The molecule has 18 rings (SSSR count). The summed E-state index contributed by atoms with van der Waals surface area (Å²) in [6.07, 6.45) is 0. The van der Waals surface area contributed by atoms with E-state index in [0.717, 1.165) is 11.4 Å². The van der Waals surface area contributed by atoms with Gasteiger partial charge < -0.3 is 22.5 Å². The highest BCUT2D eigenvalue weighted by Gasteiger charge is 2.32. The topological polar surface area (TPSA) is 23.6 Å². The molecule has 0 spiro atoms. The second-order valence-corrected chi connectivity index (χ2v) is 19.6. The van der Waals surface area contributed by atoms with E-state index in [0.29, 0.717) is 0 Å². The number of fused-ring (bicyclic) bond motifs is 23. The van der Waals surface area contributed by atoms with Crippen LogP contribution >= 0.6 is 0 Å². The van der Waals surface area contributed by atoms with Crippen LogP contribution in [0.4, 0.5) is 0 Å². The lowest BCUT2D eigenvalue weighted by Gasteiger charge is -2.14. The van der Waals surface area contributed by atoms with E-state index in [4.69, 9.17) is 0 Å². The zero-order valence-corrected chi connectivity index (χ0v) is 38.1. The van der Waals surface area contributed by atoms with Crippen LogP contribution in [0.15, 0.2) is 224 Å². The molecule has 0 atom stereocenters. The number of hydrogen-bond acceptors (Lipinski definition) is 0. The van der Waals surface area contributed by atoms with E-state index in [1.807, 2.05) is 0 Å². The van der Waals surface area contributed by atoms with Crippen molar-refractivity contribution in [2.24, 2.45) is 0 Å². The highest BCUT2D eigenvalue weighted by molar-refractivity contribution is 6.42. The van der Waals surface area contributed by atoms with Gasteiger partial charge in [0, 0.05) is 86.8 Å². The van der Waals surface area contributed by atoms with Gasteiger partial charge in [0.1, 0.15) is 0 Å². The van der Waals surface area contributed by atoms with Crippen LogP contribution in [0.3, 0.4) is 0 Å². The van der Waals surface area contributed by atoms with Gasteiger partial charge in [-0.3, -0.25) is 0 Å². The van der Waals surface area contributed by atoms with E-state index in [9.17, 15) is 0 Å². The Bertz CT molecular complexity index is 5000. The Morgan fingerprint density at radius 2 is 0.521 bits per heavy atom. The molecule has 0 fully saturated rings. The Morgan fingerprint density at radius 1 is 0.197 bits per heavy atom. The standard InChI is InChI=1S/C66H37N5/c1-3-19-38(20-4-1)67-54-33-17-11-27-44(54)58-56(67)36-46-42-25-9-15-31-52(42)70-62(46)60(58)48-35-49-61-59-45-28-12-18-34-55(45)68(39-21-5-2-6-22-39)57(59)37-47-43-26-10-16-32-53(43)71(63(47)61)65(49)66(64(48)70)69-50-29-13-7-23-40(50)41-24-8-14-30-51(41)69/h1-37H. The fourth-order valence-corrected chi connectivity index (χ4v) is 13.7. The third-order valence-corrected chi connectivity index (χ3v) is 16.3. The van der Waals surface area contributed by atoms with Gasteiger partial charge >= 0.3 is 0 Å². The van der Waals surface area contributed by atoms with E-state index in [1.165, 1.54) is 147 Å². The third-order valence-electron chi connectivity index (χ3n) is 16.3. The molecule has 0 amide bonds. The van der Waals surface area contributed by atoms with Gasteiger partial charge in [-0.1, -0.05) is 146 Å². The zero-order valence-electron chi connectivity index (χ0n) is 38.1. The van der Waals surface area contributed by atoms with Gasteiger partial charge in [0.05, 0.1) is 71.9 Å². The fraction of sp³-hybridized carbons (Fsp3) is 0. The minimum Gasteiger partial charge on any atom is -0.309 e. The van der Waals surface area contributed by atoms with Crippen molar-refractivity contribution in [1.82, 2.24) is 22.5 Å². The highest BCUT2D eigenvalue weighted by Crippen LogP contribution is 2.54. The van der Waals surface area contributed by atoms with Crippen molar-refractivity contribution in [2.45, 2.75) is 0 Å². The van der Waals surface area contributed by atoms with Crippen molar-refractivity contribution >= 4 is 142 Å². The predicted molar refractivity (Wildman–Crippen MR) is 299 cm³/mol. The average molecular weight is 900 g/mol. The smallest absolute Gasteiger partial charge is 0.0959 e. The number of hydrogen-bond donors (Lipinski definition) is 0. The molecule has 0 radical (unpaired) electrons. The molecule has 18 aromatic rings. The number of nitrogens with zero attached hydrogens (tertiary/aromatic N) is 5. The molecule has 0 N–H and O–H groups in total. The van der Waals surface area contributed by atoms with Crippen LogP contribution < -0.4 is 0 Å². The van der Waals surface area contributed by atoms with Crippen LogP contribution in [-0.2, 0) is 0 Å². The van der Waals surface area contributed by atoms with Gasteiger partial charge in [0.25, 0.3) is 0 Å². The maximum atomic E-state index is 2.64. The summed E-state index contributed by atoms with van der Waals surface area (Å²) >= 11 is 0. The maximum absolute atomic E-state index is 2.64. The first-order valence-electron chi connectivity index (χ1n) is 24.6. The number of para-hydroxylation sites is 8. The van der Waals surface area contributed by atoms with E-state index < -0.39 is 0 Å². The number of rotatable bonds is 3. The maximum Gasteiger partial charge on any atom is 0.0959 e. The molecule has 326 valence electrons. The first-order valence-corrected chi connectivity index (χ1v) is 24.6. The van der Waals surface area contributed by atoms with Crippen LogP contribution in [0.25, 0.3) is 159 Å². The molecule has 11 aromatic carbocycles. The monoisotopic (exact) mass is 899 g/mol. The Kier molecular flexibility index (Phi) is 6.54. The lowest BCUT2D eigenvalue weighted by atomic mass is 9.98. The first kappa shape index (κ1) is 36.5. The van der Waals surface area contributed by atoms with Crippen molar-refractivity contribution in [3.05, 3.63) is 224 Å². The lowest BCUT2D eigenvalue weighted by Crippen LogP contribution is -2.00. The van der Waals surface area contributed by atoms with Crippen molar-refractivity contribution in [3.8, 4) is 17.1 Å². The molecular weight excluding hydrogens is 863 g/mol. The molecule has 0 aliphatic carbocycles. The molecule has 71 heavy (non-hydrogen) atoms. The molecule has 5 heteroatoms. The molecule has 0 bridgehead atoms. The van der Waals surface area contributed by atoms with Gasteiger partial charge in [-0.15, -0.1) is 0 Å². The van der Waals surface area contributed by atoms with E-state index in [2.05, 4.69) is 247 Å². The van der Waals surface area contributed by atoms with Crippen molar-refractivity contribution < 1.29 is 0 Å². The largest absolute Gasteiger partial charge is 0.309 e. The van der Waals surface area contributed by atoms with E-state index in [1.54, 1.807) is 0 Å². The second-order valence-electron chi connectivity index (χ2n) is 19.6. The van der Waals surface area contributed by atoms with Gasteiger partial charge in [-0.05, 0) is 78.9 Å². The van der Waals surface area contributed by atoms with Gasteiger partial charge in [0.2, 0.25) is 0 Å². The average Bonchev–Trinajstić information content (AvgIpc) is 4.34. The summed E-state index contributed by atoms with van der Waals surface area (Å²) < 4.78 is 12.9. The van der Waals surface area contributed by atoms with E-state index >= 15 is 0 Å². The minimum atomic E-state index is 1.15. The summed E-state index contributed by atoms with van der Waals surface area (Å²) in [5.41, 5.74) is 18.1. The van der Waals surface area contributed by atoms with Crippen LogP contribution in [-0.4, -0.2) is 22.5 Å². The van der Waals surface area contributed by atoms with E-state index in [-0.39, 0.29) is 0 Å². The minimum absolute atomic E-state index is 1.15. The van der Waals surface area contributed by atoms with Crippen molar-refractivity contribution in [3.63, 3.8) is 0 Å². The molecular formula is C66H37N5. The normalized spacial score (nSPS) is 12.8. The molecule has 7 aromatic heterocycles. The summed E-state index contributed by atoms with van der Waals surface area (Å²) in [6, 6.07) is 83.7. The van der Waals surface area contributed by atoms with Crippen LogP contribution in [0, 0.1) is 0 Å². The van der Waals surface area contributed by atoms with Crippen LogP contribution in [0.2, 0.25) is 0 Å². The molecule has 0 saturated carbocycles. The third kappa shape index (κ3) is 4.24. The van der Waals surface area contributed by atoms with Crippen molar-refractivity contribution in [2.75, 3.05) is 0 Å². The van der Waals surface area contributed by atoms with Gasteiger partial charge in [-0.25, -0.2) is 0 Å². The first-order chi connectivity index (χ1) is 35.3. The summed E-state index contributed by atoms with van der Waals surface area (Å²) in [7, 11) is 0. The Labute approximate surface area is 403 Å². The second kappa shape index (κ2) is 12.7. The van der Waals surface area contributed by atoms with Gasteiger partial charge in [-0.2, -0.15) is 0 Å². The SMILES string of the molecule is c1ccc(-n2c3ccccc3c3c4c5cc6c7c8c9ccccc9n(-c9ccccc9)c8cc8c9ccccc9n(c6c(-n6c9ccccc9c9ccccc96)c5n5c6ccccc6c(cc32)c45)c87)cc1. The summed E-state index contributed by atoms with van der Waals surface area (Å²) in [5, 5.41) is 17.6. The Hall–Kier alpha value is -9.58. The van der Waals surface area contributed by atoms with Crippen LogP contribution in [0.1, 0.15) is 0 Å². The fourth-order valence-electron chi connectivity index (χ4n) is 13.7. The summed E-state index contributed by atoms with van der Waals surface area (Å²) in [6.45, 7) is 0. The zero-order chi connectivity index (χ0) is 45.8. The molecule has 0 unspecified atom stereocenters. The van der Waals surface area contributed by atoms with Crippen molar-refractivity contribution in [1.29, 1.82) is 0 Å². The summed E-state index contributed by atoms with van der Waals surface area (Å²) in [4.78, 5) is 0. The molecule has 5 nitrogen and oxygen atoms in total.